The lowest BCUT2D eigenvalue weighted by atomic mass is 10.1. The predicted octanol–water partition coefficient (Wildman–Crippen LogP) is 5.85. The predicted molar refractivity (Wildman–Crippen MR) is 99.9 cm³/mol. The summed E-state index contributed by atoms with van der Waals surface area (Å²) >= 11 is 0. The van der Waals surface area contributed by atoms with Crippen LogP contribution in [-0.2, 0) is 0 Å². The molecule has 3 heteroatoms. The molecule has 0 radical (unpaired) electrons. The van der Waals surface area contributed by atoms with Crippen LogP contribution in [0.4, 0.5) is 0 Å². The van der Waals surface area contributed by atoms with Gasteiger partial charge in [-0.25, -0.2) is 0 Å². The topological polar surface area (TPSA) is 44.5 Å². The van der Waals surface area contributed by atoms with E-state index in [-0.39, 0.29) is 0 Å². The lowest BCUT2D eigenvalue weighted by Gasteiger charge is -2.20. The van der Waals surface area contributed by atoms with E-state index < -0.39 is 0 Å². The highest BCUT2D eigenvalue weighted by Crippen LogP contribution is 2.46. The molecule has 0 unspecified atom stereocenters. The van der Waals surface area contributed by atoms with Crippen molar-refractivity contribution in [2.75, 3.05) is 7.05 Å². The van der Waals surface area contributed by atoms with Crippen LogP contribution in [0.2, 0.25) is 0 Å². The molecule has 0 saturated heterocycles. The zero-order valence-corrected chi connectivity index (χ0v) is 14.3. The van der Waals surface area contributed by atoms with Crippen molar-refractivity contribution in [1.82, 2.24) is 0 Å². The zero-order valence-electron chi connectivity index (χ0n) is 14.3. The maximum absolute atomic E-state index is 5.91. The Hall–Kier alpha value is -2.78. The maximum Gasteiger partial charge on any atom is 0.170 e. The van der Waals surface area contributed by atoms with Crippen molar-refractivity contribution in [3.8, 4) is 34.1 Å². The van der Waals surface area contributed by atoms with Crippen LogP contribution in [0.1, 0.15) is 13.8 Å². The van der Waals surface area contributed by atoms with Crippen LogP contribution in [-0.4, -0.2) is 7.05 Å². The third-order valence-electron chi connectivity index (χ3n) is 3.34. The molecule has 0 aliphatic carbocycles. The van der Waals surface area contributed by atoms with E-state index in [2.05, 4.69) is 17.9 Å². The van der Waals surface area contributed by atoms with Crippen molar-refractivity contribution in [3.63, 3.8) is 0 Å². The lowest BCUT2D eigenvalue weighted by molar-refractivity contribution is 0.360. The molecular weight excluding hydrogens is 298 g/mol. The van der Waals surface area contributed by atoms with E-state index in [9.17, 15) is 0 Å². The van der Waals surface area contributed by atoms with Gasteiger partial charge in [-0.05, 0) is 42.4 Å². The summed E-state index contributed by atoms with van der Waals surface area (Å²) in [6.45, 7) is 4.00. The first kappa shape index (κ1) is 17.6. The maximum atomic E-state index is 5.91. The zero-order chi connectivity index (χ0) is 17.4. The second-order valence-corrected chi connectivity index (χ2v) is 4.68. The molecule has 0 aromatic heterocycles. The van der Waals surface area contributed by atoms with Gasteiger partial charge in [-0.15, -0.1) is 0 Å². The van der Waals surface area contributed by atoms with E-state index >= 15 is 0 Å². The summed E-state index contributed by atoms with van der Waals surface area (Å²) in [5, 5.41) is 0. The summed E-state index contributed by atoms with van der Waals surface area (Å²) in [6, 6.07) is 23.9. The number of hydrogen-bond donors (Lipinski definition) is 1. The molecule has 24 heavy (non-hydrogen) atoms. The van der Waals surface area contributed by atoms with Crippen molar-refractivity contribution in [2.45, 2.75) is 13.8 Å². The van der Waals surface area contributed by atoms with Gasteiger partial charge < -0.3 is 15.2 Å². The highest BCUT2D eigenvalue weighted by Gasteiger charge is 2.18. The minimum absolute atomic E-state index is 0.753. The first-order valence-corrected chi connectivity index (χ1v) is 8.12. The number of hydrogen-bond acceptors (Lipinski definition) is 3. The normalized spacial score (nSPS) is 10.3. The third kappa shape index (κ3) is 3.76. The van der Waals surface area contributed by atoms with Crippen LogP contribution in [0.25, 0.3) is 11.1 Å². The molecule has 0 atom stereocenters. The Morgan fingerprint density at radius 2 is 1.04 bits per heavy atom. The second-order valence-electron chi connectivity index (χ2n) is 4.68. The number of ether oxygens (including phenoxy) is 2. The van der Waals surface area contributed by atoms with Crippen LogP contribution in [0.5, 0.6) is 23.0 Å². The van der Waals surface area contributed by atoms with Gasteiger partial charge in [0.1, 0.15) is 0 Å². The molecule has 3 nitrogen and oxygen atoms in total. The summed E-state index contributed by atoms with van der Waals surface area (Å²) in [4.78, 5) is 0. The van der Waals surface area contributed by atoms with Crippen LogP contribution in [0.3, 0.4) is 0 Å². The fraction of sp³-hybridized carbons (Fsp3) is 0.143. The Morgan fingerprint density at radius 3 is 1.67 bits per heavy atom. The average Bonchev–Trinajstić information content (AvgIpc) is 2.69. The molecule has 124 valence electrons. The molecule has 0 bridgehead atoms. The van der Waals surface area contributed by atoms with E-state index in [4.69, 9.17) is 9.47 Å². The molecule has 1 heterocycles. The highest BCUT2D eigenvalue weighted by molar-refractivity contribution is 5.68. The second kappa shape index (κ2) is 8.75. The third-order valence-corrected chi connectivity index (χ3v) is 3.34. The van der Waals surface area contributed by atoms with Crippen molar-refractivity contribution < 1.29 is 9.47 Å². The van der Waals surface area contributed by atoms with Gasteiger partial charge in [-0.3, -0.25) is 0 Å². The van der Waals surface area contributed by atoms with Crippen LogP contribution in [0, 0.1) is 0 Å². The van der Waals surface area contributed by atoms with Crippen molar-refractivity contribution in [2.24, 2.45) is 5.73 Å². The largest absolute Gasteiger partial charge is 0.450 e. The summed E-state index contributed by atoms with van der Waals surface area (Å²) < 4.78 is 11.8. The molecule has 0 saturated carbocycles. The standard InChI is InChI=1S/C18H12O2.C2H6.CH5N/c1-2-6-13(7-3-1)14-10-11-17-18(12-14)20-16-9-5-4-8-15(16)19-17;2*1-2/h1-12H;1-2H3;2H2,1H3. The Labute approximate surface area is 143 Å². The minimum Gasteiger partial charge on any atom is -0.450 e. The number of fused-ring (bicyclic) bond motifs is 2. The van der Waals surface area contributed by atoms with E-state index in [1.807, 2.05) is 74.5 Å². The van der Waals surface area contributed by atoms with Gasteiger partial charge in [0.2, 0.25) is 0 Å². The van der Waals surface area contributed by atoms with E-state index in [0.717, 1.165) is 34.1 Å². The number of nitrogens with two attached hydrogens (primary N) is 1. The fourth-order valence-electron chi connectivity index (χ4n) is 2.34. The Kier molecular flexibility index (Phi) is 6.41. The van der Waals surface area contributed by atoms with Crippen molar-refractivity contribution >= 4 is 0 Å². The fourth-order valence-corrected chi connectivity index (χ4v) is 2.34. The van der Waals surface area contributed by atoms with Gasteiger partial charge in [-0.2, -0.15) is 0 Å². The first-order valence-electron chi connectivity index (χ1n) is 8.12. The van der Waals surface area contributed by atoms with Crippen LogP contribution < -0.4 is 15.2 Å². The van der Waals surface area contributed by atoms with Gasteiger partial charge in [-0.1, -0.05) is 62.4 Å². The van der Waals surface area contributed by atoms with Gasteiger partial charge in [0.05, 0.1) is 0 Å². The molecule has 2 N–H and O–H groups in total. The summed E-state index contributed by atoms with van der Waals surface area (Å²) in [5.74, 6) is 3.02. The SMILES string of the molecule is CC.CN.c1ccc(-c2ccc3c(c2)Oc2ccccc2O3)cc1. The monoisotopic (exact) mass is 321 g/mol. The highest BCUT2D eigenvalue weighted by atomic mass is 16.6. The smallest absolute Gasteiger partial charge is 0.170 e. The molecule has 4 rings (SSSR count). The molecule has 0 fully saturated rings. The Bertz CT molecular complexity index is 770. The summed E-state index contributed by atoms with van der Waals surface area (Å²) in [5.41, 5.74) is 6.78. The van der Waals surface area contributed by atoms with E-state index in [1.165, 1.54) is 7.05 Å². The molecule has 3 aromatic carbocycles. The molecule has 1 aliphatic rings. The lowest BCUT2D eigenvalue weighted by Crippen LogP contribution is -1.98. The van der Waals surface area contributed by atoms with E-state index in [0.29, 0.717) is 0 Å². The molecule has 0 spiro atoms. The van der Waals surface area contributed by atoms with E-state index in [1.54, 1.807) is 0 Å². The van der Waals surface area contributed by atoms with Crippen molar-refractivity contribution in [3.05, 3.63) is 72.8 Å². The van der Waals surface area contributed by atoms with Gasteiger partial charge in [0.25, 0.3) is 0 Å². The molecule has 3 aromatic rings. The summed E-state index contributed by atoms with van der Waals surface area (Å²) in [7, 11) is 1.50. The van der Waals surface area contributed by atoms with Gasteiger partial charge >= 0.3 is 0 Å². The van der Waals surface area contributed by atoms with Crippen LogP contribution in [0.15, 0.2) is 72.8 Å². The summed E-state index contributed by atoms with van der Waals surface area (Å²) in [6.07, 6.45) is 0. The van der Waals surface area contributed by atoms with Gasteiger partial charge in [0.15, 0.2) is 23.0 Å². The molecular formula is C21H23NO2. The first-order chi connectivity index (χ1) is 11.9. The number of rotatable bonds is 1. The Balaban J connectivity index is 0.000000487. The molecule has 0 amide bonds. The average molecular weight is 321 g/mol. The van der Waals surface area contributed by atoms with Crippen LogP contribution >= 0.6 is 0 Å². The Morgan fingerprint density at radius 1 is 0.542 bits per heavy atom. The minimum atomic E-state index is 0.753. The number of para-hydroxylation sites is 2. The van der Waals surface area contributed by atoms with Gasteiger partial charge in [0, 0.05) is 0 Å². The van der Waals surface area contributed by atoms with Crippen molar-refractivity contribution in [1.29, 1.82) is 0 Å². The molecule has 1 aliphatic heterocycles. The quantitative estimate of drug-likeness (QED) is 0.478. The number of benzene rings is 3.